The lowest BCUT2D eigenvalue weighted by Crippen LogP contribution is -2.27. The van der Waals surface area contributed by atoms with Crippen LogP contribution in [0, 0.1) is 11.3 Å². The van der Waals surface area contributed by atoms with Crippen molar-refractivity contribution in [3.63, 3.8) is 0 Å². The van der Waals surface area contributed by atoms with Gasteiger partial charge in [0, 0.05) is 19.7 Å². The summed E-state index contributed by atoms with van der Waals surface area (Å²) < 4.78 is 15.5. The van der Waals surface area contributed by atoms with Crippen molar-refractivity contribution in [1.29, 1.82) is 5.26 Å². The minimum absolute atomic E-state index is 0.0857. The topological polar surface area (TPSA) is 97.6 Å². The van der Waals surface area contributed by atoms with Crippen molar-refractivity contribution in [3.05, 3.63) is 69.2 Å². The SMILES string of the molecule is COCCNC(=O)/C(C#N)=C/c1ccc(OC(=O)/C=C/c2ccc(Cl)c(Cl)c2)c(OC)c1. The Morgan fingerprint density at radius 3 is 2.47 bits per heavy atom. The van der Waals surface area contributed by atoms with E-state index in [4.69, 9.17) is 37.4 Å². The molecular formula is C23H20Cl2N2O5. The molecule has 32 heavy (non-hydrogen) atoms. The van der Waals surface area contributed by atoms with Crippen molar-refractivity contribution in [2.24, 2.45) is 0 Å². The molecule has 0 fully saturated rings. The van der Waals surface area contributed by atoms with Crippen molar-refractivity contribution in [1.82, 2.24) is 5.32 Å². The lowest BCUT2D eigenvalue weighted by molar-refractivity contribution is -0.129. The highest BCUT2D eigenvalue weighted by Gasteiger charge is 2.12. The van der Waals surface area contributed by atoms with Crippen LogP contribution in [0.5, 0.6) is 11.5 Å². The molecule has 2 aromatic carbocycles. The summed E-state index contributed by atoms with van der Waals surface area (Å²) in [5.74, 6) is -0.719. The van der Waals surface area contributed by atoms with Crippen LogP contribution >= 0.6 is 23.2 Å². The molecule has 7 nitrogen and oxygen atoms in total. The molecule has 0 saturated carbocycles. The van der Waals surface area contributed by atoms with E-state index in [0.29, 0.717) is 27.8 Å². The largest absolute Gasteiger partial charge is 0.493 e. The third-order valence-electron chi connectivity index (χ3n) is 4.02. The van der Waals surface area contributed by atoms with E-state index < -0.39 is 11.9 Å². The van der Waals surface area contributed by atoms with Gasteiger partial charge in [0.05, 0.1) is 23.8 Å². The molecule has 0 aliphatic rings. The van der Waals surface area contributed by atoms with Gasteiger partial charge in [0.25, 0.3) is 5.91 Å². The molecule has 0 aliphatic carbocycles. The predicted molar refractivity (Wildman–Crippen MR) is 123 cm³/mol. The van der Waals surface area contributed by atoms with Crippen LogP contribution in [0.25, 0.3) is 12.2 Å². The van der Waals surface area contributed by atoms with Crippen molar-refractivity contribution in [2.45, 2.75) is 0 Å². The smallest absolute Gasteiger partial charge is 0.336 e. The minimum Gasteiger partial charge on any atom is -0.493 e. The Kier molecular flexibility index (Phi) is 9.76. The van der Waals surface area contributed by atoms with Gasteiger partial charge in [0.15, 0.2) is 11.5 Å². The van der Waals surface area contributed by atoms with Crippen molar-refractivity contribution < 1.29 is 23.8 Å². The molecule has 0 radical (unpaired) electrons. The maximum Gasteiger partial charge on any atom is 0.336 e. The Balaban J connectivity index is 2.13. The fourth-order valence-corrected chi connectivity index (χ4v) is 2.76. The molecule has 0 bridgehead atoms. The number of methoxy groups -OCH3 is 2. The maximum absolute atomic E-state index is 12.2. The number of carbonyl (C=O) groups excluding carboxylic acids is 2. The van der Waals surface area contributed by atoms with Crippen LogP contribution in [0.4, 0.5) is 0 Å². The van der Waals surface area contributed by atoms with E-state index in [0.717, 1.165) is 0 Å². The second kappa shape index (κ2) is 12.5. The average molecular weight is 475 g/mol. The molecule has 166 valence electrons. The standard InChI is InChI=1S/C23H20Cl2N2O5/c1-30-10-9-27-23(29)17(14-26)11-16-4-7-20(21(13-16)31-2)32-22(28)8-5-15-3-6-18(24)19(25)12-15/h3-8,11-13H,9-10H2,1-2H3,(H,27,29)/b8-5+,17-11+. The third-order valence-corrected chi connectivity index (χ3v) is 4.76. The van der Waals surface area contributed by atoms with Gasteiger partial charge in [0.1, 0.15) is 11.6 Å². The van der Waals surface area contributed by atoms with E-state index in [1.807, 2.05) is 6.07 Å². The number of ether oxygens (including phenoxy) is 3. The van der Waals surface area contributed by atoms with Gasteiger partial charge in [-0.3, -0.25) is 4.79 Å². The number of nitrogens with zero attached hydrogens (tertiary/aromatic N) is 1. The number of nitrogens with one attached hydrogen (secondary N) is 1. The molecule has 1 N–H and O–H groups in total. The van der Waals surface area contributed by atoms with Gasteiger partial charge >= 0.3 is 5.97 Å². The first-order chi connectivity index (χ1) is 15.4. The lowest BCUT2D eigenvalue weighted by Gasteiger charge is -2.09. The zero-order chi connectivity index (χ0) is 23.5. The molecule has 0 atom stereocenters. The monoisotopic (exact) mass is 474 g/mol. The van der Waals surface area contributed by atoms with Gasteiger partial charge in [-0.2, -0.15) is 5.26 Å². The van der Waals surface area contributed by atoms with Gasteiger partial charge in [0.2, 0.25) is 0 Å². The number of esters is 1. The molecule has 2 aromatic rings. The molecule has 0 unspecified atom stereocenters. The first kappa shape index (κ1) is 25.0. The van der Waals surface area contributed by atoms with Gasteiger partial charge in [-0.25, -0.2) is 4.79 Å². The summed E-state index contributed by atoms with van der Waals surface area (Å²) in [6.07, 6.45) is 4.18. The second-order valence-electron chi connectivity index (χ2n) is 6.26. The number of amides is 1. The molecular weight excluding hydrogens is 455 g/mol. The Hall–Kier alpha value is -3.31. The fraction of sp³-hybridized carbons (Fsp3) is 0.174. The van der Waals surface area contributed by atoms with E-state index in [1.54, 1.807) is 30.3 Å². The zero-order valence-electron chi connectivity index (χ0n) is 17.4. The number of halogens is 2. The summed E-state index contributed by atoms with van der Waals surface area (Å²) in [5.41, 5.74) is 1.11. The first-order valence-electron chi connectivity index (χ1n) is 9.30. The van der Waals surface area contributed by atoms with E-state index in [2.05, 4.69) is 5.32 Å². The van der Waals surface area contributed by atoms with Crippen LogP contribution in [0.3, 0.4) is 0 Å². The molecule has 0 aliphatic heterocycles. The van der Waals surface area contributed by atoms with Gasteiger partial charge in [-0.1, -0.05) is 35.3 Å². The number of benzene rings is 2. The molecule has 2 rings (SSSR count). The van der Waals surface area contributed by atoms with Gasteiger partial charge in [-0.15, -0.1) is 0 Å². The number of rotatable bonds is 9. The molecule has 1 amide bonds. The Morgan fingerprint density at radius 2 is 1.81 bits per heavy atom. The molecule has 0 saturated heterocycles. The van der Waals surface area contributed by atoms with Crippen LogP contribution in [0.1, 0.15) is 11.1 Å². The lowest BCUT2D eigenvalue weighted by atomic mass is 10.1. The average Bonchev–Trinajstić information content (AvgIpc) is 2.79. The number of hydrogen-bond acceptors (Lipinski definition) is 6. The van der Waals surface area contributed by atoms with Crippen molar-refractivity contribution in [2.75, 3.05) is 27.4 Å². The van der Waals surface area contributed by atoms with Crippen LogP contribution in [-0.2, 0) is 14.3 Å². The number of hydrogen-bond donors (Lipinski definition) is 1. The highest BCUT2D eigenvalue weighted by Crippen LogP contribution is 2.29. The Morgan fingerprint density at radius 1 is 1.06 bits per heavy atom. The predicted octanol–water partition coefficient (Wildman–Crippen LogP) is 4.29. The summed E-state index contributed by atoms with van der Waals surface area (Å²) in [4.78, 5) is 24.3. The Labute approximate surface area is 195 Å². The van der Waals surface area contributed by atoms with Crippen molar-refractivity contribution >= 4 is 47.2 Å². The summed E-state index contributed by atoms with van der Waals surface area (Å²) in [6, 6.07) is 11.4. The second-order valence-corrected chi connectivity index (χ2v) is 7.07. The molecule has 0 spiro atoms. The molecule has 9 heteroatoms. The maximum atomic E-state index is 12.2. The van der Waals surface area contributed by atoms with Crippen LogP contribution in [0.15, 0.2) is 48.0 Å². The summed E-state index contributed by atoms with van der Waals surface area (Å²) in [7, 11) is 2.92. The van der Waals surface area contributed by atoms with E-state index >= 15 is 0 Å². The Bertz CT molecular complexity index is 1090. The highest BCUT2D eigenvalue weighted by molar-refractivity contribution is 6.42. The van der Waals surface area contributed by atoms with Gasteiger partial charge < -0.3 is 19.5 Å². The van der Waals surface area contributed by atoms with Crippen LogP contribution in [-0.4, -0.2) is 39.2 Å². The zero-order valence-corrected chi connectivity index (χ0v) is 18.9. The molecule has 0 aromatic heterocycles. The van der Waals surface area contributed by atoms with Crippen LogP contribution in [0.2, 0.25) is 10.0 Å². The van der Waals surface area contributed by atoms with Crippen molar-refractivity contribution in [3.8, 4) is 17.6 Å². The summed E-state index contributed by atoms with van der Waals surface area (Å²) in [5, 5.41) is 12.6. The summed E-state index contributed by atoms with van der Waals surface area (Å²) >= 11 is 11.8. The van der Waals surface area contributed by atoms with E-state index in [9.17, 15) is 14.9 Å². The number of nitriles is 1. The molecule has 0 heterocycles. The number of carbonyl (C=O) groups is 2. The normalized spacial score (nSPS) is 11.2. The van der Waals surface area contributed by atoms with E-state index in [-0.39, 0.29) is 23.6 Å². The van der Waals surface area contributed by atoms with Gasteiger partial charge in [-0.05, 0) is 47.5 Å². The highest BCUT2D eigenvalue weighted by atomic mass is 35.5. The fourth-order valence-electron chi connectivity index (χ4n) is 2.46. The summed E-state index contributed by atoms with van der Waals surface area (Å²) in [6.45, 7) is 0.611. The van der Waals surface area contributed by atoms with E-state index in [1.165, 1.54) is 38.5 Å². The van der Waals surface area contributed by atoms with Crippen LogP contribution < -0.4 is 14.8 Å². The first-order valence-corrected chi connectivity index (χ1v) is 10.1. The quantitative estimate of drug-likeness (QED) is 0.191. The minimum atomic E-state index is -0.632. The third kappa shape index (κ3) is 7.43.